The molecule has 0 saturated carbocycles. The summed E-state index contributed by atoms with van der Waals surface area (Å²) in [6, 6.07) is 12.8. The van der Waals surface area contributed by atoms with Gasteiger partial charge in [0.05, 0.1) is 25.1 Å². The van der Waals surface area contributed by atoms with Gasteiger partial charge >= 0.3 is 11.9 Å². The number of esters is 2. The average molecular weight is 460 g/mol. The number of benzene rings is 1. The maximum absolute atomic E-state index is 12.3. The molecule has 2 N–H and O–H groups in total. The standard InChI is InChI=1S/C21H22BrN3O4/c1-3-29-20(26)15(17-9-6-7-12-23-17)11-13-24-19(21(27)28-2)14-25-18-10-5-4-8-16(18)22/h4-15,24-25H,3H2,1-2H3/b13-11+,19-14+. The van der Waals surface area contributed by atoms with Gasteiger partial charge in [0.15, 0.2) is 0 Å². The van der Waals surface area contributed by atoms with Crippen molar-refractivity contribution in [2.45, 2.75) is 12.8 Å². The molecule has 0 saturated heterocycles. The molecule has 1 unspecified atom stereocenters. The second kappa shape index (κ2) is 11.7. The van der Waals surface area contributed by atoms with Crippen LogP contribution in [0.25, 0.3) is 0 Å². The number of ether oxygens (including phenoxy) is 2. The lowest BCUT2D eigenvalue weighted by molar-refractivity contribution is -0.143. The van der Waals surface area contributed by atoms with Gasteiger partial charge in [0.1, 0.15) is 11.6 Å². The molecule has 0 fully saturated rings. The maximum Gasteiger partial charge on any atom is 0.355 e. The number of rotatable bonds is 9. The Morgan fingerprint density at radius 1 is 1.21 bits per heavy atom. The minimum Gasteiger partial charge on any atom is -0.465 e. The summed E-state index contributed by atoms with van der Waals surface area (Å²) in [5.74, 6) is -1.71. The number of hydrogen-bond donors (Lipinski definition) is 2. The Labute approximate surface area is 177 Å². The summed E-state index contributed by atoms with van der Waals surface area (Å²) in [5.41, 5.74) is 1.47. The molecule has 0 bridgehead atoms. The van der Waals surface area contributed by atoms with Crippen molar-refractivity contribution < 1.29 is 19.1 Å². The minimum absolute atomic E-state index is 0.156. The van der Waals surface area contributed by atoms with Gasteiger partial charge in [-0.3, -0.25) is 9.78 Å². The molecule has 1 heterocycles. The van der Waals surface area contributed by atoms with E-state index in [1.807, 2.05) is 24.3 Å². The third-order valence-corrected chi connectivity index (χ3v) is 4.42. The number of aromatic nitrogens is 1. The van der Waals surface area contributed by atoms with Gasteiger partial charge in [-0.05, 0) is 59.4 Å². The van der Waals surface area contributed by atoms with Crippen molar-refractivity contribution in [3.63, 3.8) is 0 Å². The van der Waals surface area contributed by atoms with Gasteiger partial charge in [-0.25, -0.2) is 4.79 Å². The first-order valence-electron chi connectivity index (χ1n) is 8.87. The van der Waals surface area contributed by atoms with Gasteiger partial charge in [0.2, 0.25) is 0 Å². The highest BCUT2D eigenvalue weighted by molar-refractivity contribution is 9.10. The second-order valence-corrected chi connectivity index (χ2v) is 6.52. The zero-order valence-corrected chi connectivity index (χ0v) is 17.7. The Morgan fingerprint density at radius 3 is 2.62 bits per heavy atom. The highest BCUT2D eigenvalue weighted by Gasteiger charge is 2.20. The molecule has 0 aliphatic carbocycles. The fourth-order valence-electron chi connectivity index (χ4n) is 2.32. The largest absolute Gasteiger partial charge is 0.465 e. The van der Waals surface area contributed by atoms with Gasteiger partial charge in [-0.15, -0.1) is 0 Å². The smallest absolute Gasteiger partial charge is 0.355 e. The predicted molar refractivity (Wildman–Crippen MR) is 114 cm³/mol. The Kier molecular flexibility index (Phi) is 8.91. The van der Waals surface area contributed by atoms with Crippen LogP contribution in [0.2, 0.25) is 0 Å². The van der Waals surface area contributed by atoms with Gasteiger partial charge in [-0.2, -0.15) is 0 Å². The predicted octanol–water partition coefficient (Wildman–Crippen LogP) is 3.72. The first kappa shape index (κ1) is 22.2. The van der Waals surface area contributed by atoms with Crippen molar-refractivity contribution in [2.75, 3.05) is 19.0 Å². The van der Waals surface area contributed by atoms with Crippen molar-refractivity contribution >= 4 is 33.6 Å². The average Bonchev–Trinajstić information content (AvgIpc) is 2.74. The summed E-state index contributed by atoms with van der Waals surface area (Å²) in [6.07, 6.45) is 6.15. The first-order valence-corrected chi connectivity index (χ1v) is 9.66. The molecule has 0 radical (unpaired) electrons. The molecule has 1 aromatic heterocycles. The number of carbonyl (C=O) groups excluding carboxylic acids is 2. The van der Waals surface area contributed by atoms with Crippen LogP contribution in [-0.2, 0) is 19.1 Å². The molecular formula is C21H22BrN3O4. The van der Waals surface area contributed by atoms with E-state index in [0.717, 1.165) is 10.2 Å². The SMILES string of the molecule is CCOC(=O)C(/C=C/N/C(=C/Nc1ccccc1Br)C(=O)OC)c1ccccn1. The Bertz CT molecular complexity index is 885. The van der Waals surface area contributed by atoms with Crippen LogP contribution in [0.1, 0.15) is 18.5 Å². The van der Waals surface area contributed by atoms with Crippen LogP contribution >= 0.6 is 15.9 Å². The molecule has 0 spiro atoms. The highest BCUT2D eigenvalue weighted by atomic mass is 79.9. The number of halogens is 1. The van der Waals surface area contributed by atoms with E-state index in [4.69, 9.17) is 9.47 Å². The summed E-state index contributed by atoms with van der Waals surface area (Å²) in [6.45, 7) is 1.99. The summed E-state index contributed by atoms with van der Waals surface area (Å²) in [4.78, 5) is 28.6. The lowest BCUT2D eigenvalue weighted by Crippen LogP contribution is -2.20. The normalized spacial score (nSPS) is 12.3. The summed E-state index contributed by atoms with van der Waals surface area (Å²) in [7, 11) is 1.29. The van der Waals surface area contributed by atoms with E-state index in [1.54, 1.807) is 37.4 Å². The first-order chi connectivity index (χ1) is 14.1. The van der Waals surface area contributed by atoms with E-state index in [-0.39, 0.29) is 12.3 Å². The molecule has 1 atom stereocenters. The highest BCUT2D eigenvalue weighted by Crippen LogP contribution is 2.21. The molecule has 0 amide bonds. The number of anilines is 1. The Balaban J connectivity index is 2.18. The van der Waals surface area contributed by atoms with Crippen LogP contribution < -0.4 is 10.6 Å². The van der Waals surface area contributed by atoms with Gasteiger partial charge in [-0.1, -0.05) is 18.2 Å². The molecule has 29 heavy (non-hydrogen) atoms. The van der Waals surface area contributed by atoms with Gasteiger partial charge in [0, 0.05) is 16.9 Å². The summed E-state index contributed by atoms with van der Waals surface area (Å²) < 4.78 is 10.8. The fraction of sp³-hybridized carbons (Fsp3) is 0.190. The van der Waals surface area contributed by atoms with E-state index in [0.29, 0.717) is 5.69 Å². The maximum atomic E-state index is 12.3. The number of methoxy groups -OCH3 is 1. The molecule has 2 rings (SSSR count). The number of nitrogens with zero attached hydrogens (tertiary/aromatic N) is 1. The molecule has 0 aliphatic rings. The number of hydrogen-bond acceptors (Lipinski definition) is 7. The third-order valence-electron chi connectivity index (χ3n) is 3.73. The molecule has 152 valence electrons. The molecule has 2 aromatic rings. The number of nitrogens with one attached hydrogen (secondary N) is 2. The van der Waals surface area contributed by atoms with Gasteiger partial charge in [0.25, 0.3) is 0 Å². The zero-order chi connectivity index (χ0) is 21.1. The van der Waals surface area contributed by atoms with E-state index < -0.39 is 17.9 Å². The van der Waals surface area contributed by atoms with E-state index in [1.165, 1.54) is 19.5 Å². The number of carbonyl (C=O) groups is 2. The van der Waals surface area contributed by atoms with E-state index in [2.05, 4.69) is 31.5 Å². The van der Waals surface area contributed by atoms with Crippen molar-refractivity contribution in [3.05, 3.63) is 83.0 Å². The molecule has 7 nitrogen and oxygen atoms in total. The van der Waals surface area contributed by atoms with Crippen molar-refractivity contribution in [1.29, 1.82) is 0 Å². The number of pyridine rings is 1. The van der Waals surface area contributed by atoms with Crippen molar-refractivity contribution in [3.8, 4) is 0 Å². The molecule has 8 heteroatoms. The van der Waals surface area contributed by atoms with Crippen molar-refractivity contribution in [1.82, 2.24) is 10.3 Å². The molecule has 0 aliphatic heterocycles. The second-order valence-electron chi connectivity index (χ2n) is 5.66. The Morgan fingerprint density at radius 2 is 1.97 bits per heavy atom. The summed E-state index contributed by atoms with van der Waals surface area (Å²) in [5, 5.41) is 5.88. The van der Waals surface area contributed by atoms with Crippen molar-refractivity contribution in [2.24, 2.45) is 0 Å². The quantitative estimate of drug-likeness (QED) is 0.436. The van der Waals surface area contributed by atoms with Crippen LogP contribution in [-0.4, -0.2) is 30.6 Å². The van der Waals surface area contributed by atoms with Gasteiger partial charge < -0.3 is 20.1 Å². The summed E-state index contributed by atoms with van der Waals surface area (Å²) >= 11 is 3.43. The minimum atomic E-state index is -0.709. The van der Waals surface area contributed by atoms with Crippen LogP contribution in [0.5, 0.6) is 0 Å². The molecule has 1 aromatic carbocycles. The Hall–Kier alpha value is -3.13. The fourth-order valence-corrected chi connectivity index (χ4v) is 2.72. The van der Waals surface area contributed by atoms with Crippen LogP contribution in [0, 0.1) is 0 Å². The lowest BCUT2D eigenvalue weighted by Gasteiger charge is -2.12. The number of para-hydroxylation sites is 1. The lowest BCUT2D eigenvalue weighted by atomic mass is 10.1. The monoisotopic (exact) mass is 459 g/mol. The van der Waals surface area contributed by atoms with Crippen LogP contribution in [0.3, 0.4) is 0 Å². The topological polar surface area (TPSA) is 89.6 Å². The van der Waals surface area contributed by atoms with Crippen LogP contribution in [0.15, 0.2) is 77.3 Å². The third kappa shape index (κ3) is 6.76. The van der Waals surface area contributed by atoms with E-state index in [9.17, 15) is 9.59 Å². The van der Waals surface area contributed by atoms with Crippen LogP contribution in [0.4, 0.5) is 5.69 Å². The zero-order valence-electron chi connectivity index (χ0n) is 16.1. The molecular weight excluding hydrogens is 438 g/mol. The van der Waals surface area contributed by atoms with E-state index >= 15 is 0 Å².